The predicted molar refractivity (Wildman–Crippen MR) is 124 cm³/mol. The second-order valence-electron chi connectivity index (χ2n) is 8.34. The Hall–Kier alpha value is -3.28. The SMILES string of the molecule is Cc1ccc(N2CCN(c3ccc(NC(=O)[C@H]4CC=CC[C@@H]4C(=O)O)cc3)CC2)cc1. The number of anilines is 3. The number of hydrogen-bond acceptors (Lipinski definition) is 4. The van der Waals surface area contributed by atoms with E-state index in [0.717, 1.165) is 31.9 Å². The van der Waals surface area contributed by atoms with Crippen LogP contribution in [0.3, 0.4) is 0 Å². The molecule has 0 unspecified atom stereocenters. The molecule has 0 aromatic heterocycles. The van der Waals surface area contributed by atoms with Gasteiger partial charge in [0, 0.05) is 43.2 Å². The maximum Gasteiger partial charge on any atom is 0.307 e. The third-order valence-electron chi connectivity index (χ3n) is 6.27. The lowest BCUT2D eigenvalue weighted by molar-refractivity contribution is -0.146. The maximum absolute atomic E-state index is 12.6. The topological polar surface area (TPSA) is 72.9 Å². The van der Waals surface area contributed by atoms with Gasteiger partial charge < -0.3 is 20.2 Å². The molecule has 31 heavy (non-hydrogen) atoms. The van der Waals surface area contributed by atoms with Gasteiger partial charge in [0.05, 0.1) is 11.8 Å². The molecule has 4 rings (SSSR count). The number of carbonyl (C=O) groups is 2. The average molecular weight is 420 g/mol. The number of piperazine rings is 1. The third kappa shape index (κ3) is 4.90. The Morgan fingerprint density at radius 2 is 1.29 bits per heavy atom. The molecule has 2 aromatic rings. The van der Waals surface area contributed by atoms with E-state index in [0.29, 0.717) is 18.5 Å². The number of benzene rings is 2. The summed E-state index contributed by atoms with van der Waals surface area (Å²) in [6.07, 6.45) is 4.60. The van der Waals surface area contributed by atoms with Gasteiger partial charge in [0.25, 0.3) is 0 Å². The van der Waals surface area contributed by atoms with Crippen molar-refractivity contribution in [3.05, 3.63) is 66.2 Å². The summed E-state index contributed by atoms with van der Waals surface area (Å²) in [7, 11) is 0. The van der Waals surface area contributed by atoms with Crippen molar-refractivity contribution >= 4 is 28.9 Å². The summed E-state index contributed by atoms with van der Waals surface area (Å²) < 4.78 is 0. The van der Waals surface area contributed by atoms with Crippen molar-refractivity contribution in [2.45, 2.75) is 19.8 Å². The molecule has 6 nitrogen and oxygen atoms in total. The van der Waals surface area contributed by atoms with E-state index in [1.165, 1.54) is 11.3 Å². The molecule has 2 aromatic carbocycles. The Bertz CT molecular complexity index is 945. The number of allylic oxidation sites excluding steroid dienone is 2. The van der Waals surface area contributed by atoms with Gasteiger partial charge in [-0.15, -0.1) is 0 Å². The second-order valence-corrected chi connectivity index (χ2v) is 8.34. The van der Waals surface area contributed by atoms with Gasteiger partial charge in [-0.2, -0.15) is 0 Å². The molecular weight excluding hydrogens is 390 g/mol. The first kappa shape index (κ1) is 21.0. The van der Waals surface area contributed by atoms with Gasteiger partial charge in [0.1, 0.15) is 0 Å². The van der Waals surface area contributed by atoms with Crippen molar-refractivity contribution < 1.29 is 14.7 Å². The largest absolute Gasteiger partial charge is 0.481 e. The summed E-state index contributed by atoms with van der Waals surface area (Å²) in [6.45, 7) is 5.91. The van der Waals surface area contributed by atoms with Gasteiger partial charge in [0.2, 0.25) is 5.91 Å². The Morgan fingerprint density at radius 3 is 1.81 bits per heavy atom. The number of aliphatic carboxylic acids is 1. The zero-order chi connectivity index (χ0) is 21.8. The summed E-state index contributed by atoms with van der Waals surface area (Å²) in [5, 5.41) is 12.3. The fourth-order valence-corrected chi connectivity index (χ4v) is 4.35. The summed E-state index contributed by atoms with van der Waals surface area (Å²) >= 11 is 0. The predicted octanol–water partition coefficient (Wildman–Crippen LogP) is 3.93. The number of amides is 1. The van der Waals surface area contributed by atoms with E-state index in [1.54, 1.807) is 0 Å². The minimum absolute atomic E-state index is 0.226. The van der Waals surface area contributed by atoms with Gasteiger partial charge in [-0.3, -0.25) is 9.59 Å². The lowest BCUT2D eigenvalue weighted by Gasteiger charge is -2.37. The molecule has 0 saturated carbocycles. The number of carbonyl (C=O) groups excluding carboxylic acids is 1. The lowest BCUT2D eigenvalue weighted by Crippen LogP contribution is -2.46. The molecule has 1 aliphatic heterocycles. The molecule has 162 valence electrons. The van der Waals surface area contributed by atoms with Crippen molar-refractivity contribution in [1.82, 2.24) is 0 Å². The lowest BCUT2D eigenvalue weighted by atomic mass is 9.82. The second kappa shape index (κ2) is 9.25. The zero-order valence-electron chi connectivity index (χ0n) is 17.8. The highest BCUT2D eigenvalue weighted by molar-refractivity contribution is 5.95. The van der Waals surface area contributed by atoms with Crippen LogP contribution in [0.2, 0.25) is 0 Å². The first-order chi connectivity index (χ1) is 15.0. The molecule has 1 fully saturated rings. The minimum atomic E-state index is -0.912. The van der Waals surface area contributed by atoms with Gasteiger partial charge in [-0.25, -0.2) is 0 Å². The van der Waals surface area contributed by atoms with Gasteiger partial charge >= 0.3 is 5.97 Å². The molecule has 1 amide bonds. The highest BCUT2D eigenvalue weighted by atomic mass is 16.4. The Morgan fingerprint density at radius 1 is 0.806 bits per heavy atom. The van der Waals surface area contributed by atoms with Gasteiger partial charge in [-0.1, -0.05) is 29.8 Å². The van der Waals surface area contributed by atoms with Crippen LogP contribution < -0.4 is 15.1 Å². The minimum Gasteiger partial charge on any atom is -0.481 e. The molecule has 0 spiro atoms. The van der Waals surface area contributed by atoms with Crippen molar-refractivity contribution in [3.8, 4) is 0 Å². The normalized spacial score (nSPS) is 21.1. The van der Waals surface area contributed by atoms with E-state index in [1.807, 2.05) is 36.4 Å². The Labute approximate surface area is 183 Å². The molecule has 2 aliphatic rings. The van der Waals surface area contributed by atoms with Crippen LogP contribution >= 0.6 is 0 Å². The summed E-state index contributed by atoms with van der Waals surface area (Å²) in [5.41, 5.74) is 4.37. The maximum atomic E-state index is 12.6. The smallest absolute Gasteiger partial charge is 0.307 e. The third-order valence-corrected chi connectivity index (χ3v) is 6.27. The Kier molecular flexibility index (Phi) is 6.26. The van der Waals surface area contributed by atoms with Crippen LogP contribution in [-0.2, 0) is 9.59 Å². The van der Waals surface area contributed by atoms with E-state index in [-0.39, 0.29) is 5.91 Å². The average Bonchev–Trinajstić information content (AvgIpc) is 2.80. The van der Waals surface area contributed by atoms with E-state index >= 15 is 0 Å². The first-order valence-corrected chi connectivity index (χ1v) is 10.9. The van der Waals surface area contributed by atoms with Crippen LogP contribution in [0, 0.1) is 18.8 Å². The number of carboxylic acids is 1. The fraction of sp³-hybridized carbons (Fsp3) is 0.360. The van der Waals surface area contributed by atoms with Gasteiger partial charge in [-0.05, 0) is 56.2 Å². The van der Waals surface area contributed by atoms with E-state index in [2.05, 4.69) is 46.3 Å². The van der Waals surface area contributed by atoms with Crippen LogP contribution in [0.1, 0.15) is 18.4 Å². The van der Waals surface area contributed by atoms with Crippen molar-refractivity contribution in [2.24, 2.45) is 11.8 Å². The van der Waals surface area contributed by atoms with Crippen molar-refractivity contribution in [2.75, 3.05) is 41.3 Å². The van der Waals surface area contributed by atoms with E-state index < -0.39 is 17.8 Å². The summed E-state index contributed by atoms with van der Waals surface area (Å²) in [4.78, 5) is 28.8. The van der Waals surface area contributed by atoms with Crippen LogP contribution in [0.5, 0.6) is 0 Å². The molecule has 2 N–H and O–H groups in total. The summed E-state index contributed by atoms with van der Waals surface area (Å²) in [5.74, 6) is -2.33. The monoisotopic (exact) mass is 419 g/mol. The van der Waals surface area contributed by atoms with E-state index in [9.17, 15) is 14.7 Å². The number of rotatable bonds is 5. The van der Waals surface area contributed by atoms with Crippen LogP contribution in [0.25, 0.3) is 0 Å². The molecular formula is C25H29N3O3. The molecule has 1 saturated heterocycles. The van der Waals surface area contributed by atoms with Crippen molar-refractivity contribution in [1.29, 1.82) is 0 Å². The number of nitrogens with zero attached hydrogens (tertiary/aromatic N) is 2. The van der Waals surface area contributed by atoms with Gasteiger partial charge in [0.15, 0.2) is 0 Å². The Balaban J connectivity index is 1.33. The molecule has 0 bridgehead atoms. The van der Waals surface area contributed by atoms with Crippen LogP contribution in [0.4, 0.5) is 17.1 Å². The standard InChI is InChI=1S/C25H29N3O3/c1-18-6-10-20(11-7-18)27-14-16-28(17-15-27)21-12-8-19(9-13-21)26-24(29)22-4-2-3-5-23(22)25(30)31/h2-3,6-13,22-23H,4-5,14-17H2,1H3,(H,26,29)(H,30,31)/t22-,23-/m0/s1. The number of hydrogen-bond donors (Lipinski definition) is 2. The van der Waals surface area contributed by atoms with Crippen LogP contribution in [0.15, 0.2) is 60.7 Å². The van der Waals surface area contributed by atoms with E-state index in [4.69, 9.17) is 0 Å². The fourth-order valence-electron chi connectivity index (χ4n) is 4.35. The first-order valence-electron chi connectivity index (χ1n) is 10.9. The molecule has 2 atom stereocenters. The molecule has 6 heteroatoms. The van der Waals surface area contributed by atoms with Crippen LogP contribution in [-0.4, -0.2) is 43.2 Å². The molecule has 1 aliphatic carbocycles. The number of aryl methyl sites for hydroxylation is 1. The quantitative estimate of drug-likeness (QED) is 0.719. The highest BCUT2D eigenvalue weighted by Crippen LogP contribution is 2.28. The number of nitrogens with one attached hydrogen (secondary N) is 1. The summed E-state index contributed by atoms with van der Waals surface area (Å²) in [6, 6.07) is 16.5. The molecule has 1 heterocycles. The zero-order valence-corrected chi connectivity index (χ0v) is 17.8. The van der Waals surface area contributed by atoms with Crippen molar-refractivity contribution in [3.63, 3.8) is 0 Å². The number of carboxylic acid groups (broad SMARTS) is 1. The molecule has 0 radical (unpaired) electrons. The highest BCUT2D eigenvalue weighted by Gasteiger charge is 2.34.